The first kappa shape index (κ1) is 18.1. The molecular weight excluding hydrogens is 378 g/mol. The first-order valence-corrected chi connectivity index (χ1v) is 8.78. The van der Waals surface area contributed by atoms with Crippen LogP contribution in [0.2, 0.25) is 5.02 Å². The molecule has 0 saturated heterocycles. The first-order chi connectivity index (χ1) is 11.0. The molecule has 1 aromatic carbocycles. The zero-order valence-corrected chi connectivity index (χ0v) is 15.9. The van der Waals surface area contributed by atoms with E-state index < -0.39 is 0 Å². The van der Waals surface area contributed by atoms with E-state index >= 15 is 0 Å². The second-order valence-electron chi connectivity index (χ2n) is 5.52. The fourth-order valence-corrected chi connectivity index (χ4v) is 3.15. The maximum Gasteiger partial charge on any atom is 0.213 e. The minimum absolute atomic E-state index is 0.425. The van der Waals surface area contributed by atoms with Gasteiger partial charge in [0.15, 0.2) is 0 Å². The molecule has 1 atom stereocenters. The van der Waals surface area contributed by atoms with Gasteiger partial charge < -0.3 is 9.47 Å². The lowest BCUT2D eigenvalue weighted by Gasteiger charge is -2.18. The third kappa shape index (κ3) is 5.11. The topological polar surface area (TPSA) is 31.4 Å². The van der Waals surface area contributed by atoms with Crippen molar-refractivity contribution in [1.82, 2.24) is 4.98 Å². The summed E-state index contributed by atoms with van der Waals surface area (Å²) in [5, 5.41) is 0.741. The van der Waals surface area contributed by atoms with Crippen molar-refractivity contribution in [2.24, 2.45) is 5.92 Å². The van der Waals surface area contributed by atoms with Crippen LogP contribution in [0.1, 0.15) is 24.5 Å². The molecule has 0 bridgehead atoms. The number of halogens is 2. The number of aromatic nitrogens is 1. The molecule has 1 unspecified atom stereocenters. The van der Waals surface area contributed by atoms with Crippen molar-refractivity contribution >= 4 is 27.5 Å². The molecule has 23 heavy (non-hydrogen) atoms. The molecule has 0 spiro atoms. The smallest absolute Gasteiger partial charge is 0.213 e. The minimum atomic E-state index is 0.425. The number of benzene rings is 1. The average molecular weight is 399 g/mol. The Labute approximate surface area is 151 Å². The highest BCUT2D eigenvalue weighted by atomic mass is 79.9. The lowest BCUT2D eigenvalue weighted by atomic mass is 9.98. The van der Waals surface area contributed by atoms with Gasteiger partial charge in [-0.15, -0.1) is 0 Å². The van der Waals surface area contributed by atoms with E-state index in [9.17, 15) is 0 Å². The molecule has 0 saturated carbocycles. The van der Waals surface area contributed by atoms with Crippen LogP contribution in [0.5, 0.6) is 11.6 Å². The number of hydrogen-bond donors (Lipinski definition) is 0. The lowest BCUT2D eigenvalue weighted by Crippen LogP contribution is -2.15. The van der Waals surface area contributed by atoms with Crippen molar-refractivity contribution in [1.29, 1.82) is 0 Å². The second-order valence-corrected chi connectivity index (χ2v) is 6.81. The van der Waals surface area contributed by atoms with Gasteiger partial charge >= 0.3 is 0 Å². The summed E-state index contributed by atoms with van der Waals surface area (Å²) in [7, 11) is 1.61. The first-order valence-electron chi connectivity index (χ1n) is 7.60. The molecule has 124 valence electrons. The summed E-state index contributed by atoms with van der Waals surface area (Å²) in [6.07, 6.45) is 3.70. The number of ether oxygens (including phenoxy) is 2. The molecule has 2 aromatic rings. The summed E-state index contributed by atoms with van der Waals surface area (Å²) in [6.45, 7) is 4.83. The monoisotopic (exact) mass is 397 g/mol. The second kappa shape index (κ2) is 8.55. The van der Waals surface area contributed by atoms with Gasteiger partial charge in [0, 0.05) is 15.6 Å². The van der Waals surface area contributed by atoms with Gasteiger partial charge in [0.05, 0.1) is 19.9 Å². The van der Waals surface area contributed by atoms with Crippen molar-refractivity contribution in [2.45, 2.75) is 26.7 Å². The van der Waals surface area contributed by atoms with Crippen LogP contribution in [0.25, 0.3) is 0 Å². The Hall–Kier alpha value is -1.26. The van der Waals surface area contributed by atoms with Crippen LogP contribution in [0.4, 0.5) is 0 Å². The van der Waals surface area contributed by atoms with Crippen molar-refractivity contribution in [2.75, 3.05) is 13.7 Å². The molecule has 3 nitrogen and oxygen atoms in total. The largest absolute Gasteiger partial charge is 0.491 e. The molecule has 2 rings (SSSR count). The molecule has 1 heterocycles. The van der Waals surface area contributed by atoms with Gasteiger partial charge in [-0.2, -0.15) is 0 Å². The Balaban J connectivity index is 1.99. The van der Waals surface area contributed by atoms with Crippen molar-refractivity contribution < 1.29 is 9.47 Å². The van der Waals surface area contributed by atoms with Crippen LogP contribution in [-0.2, 0) is 6.42 Å². The van der Waals surface area contributed by atoms with Gasteiger partial charge in [0.2, 0.25) is 5.88 Å². The Kier molecular flexibility index (Phi) is 6.72. The quantitative estimate of drug-likeness (QED) is 0.620. The van der Waals surface area contributed by atoms with Crippen molar-refractivity contribution in [3.05, 3.63) is 51.1 Å². The summed E-state index contributed by atoms with van der Waals surface area (Å²) in [5.74, 6) is 1.83. The Morgan fingerprint density at radius 3 is 2.70 bits per heavy atom. The summed E-state index contributed by atoms with van der Waals surface area (Å²) < 4.78 is 12.1. The van der Waals surface area contributed by atoms with Gasteiger partial charge in [-0.3, -0.25) is 0 Å². The van der Waals surface area contributed by atoms with E-state index in [4.69, 9.17) is 21.1 Å². The molecule has 0 aliphatic rings. The van der Waals surface area contributed by atoms with Gasteiger partial charge in [0.25, 0.3) is 0 Å². The molecule has 0 fully saturated rings. The van der Waals surface area contributed by atoms with Crippen LogP contribution < -0.4 is 9.47 Å². The zero-order chi connectivity index (χ0) is 16.8. The summed E-state index contributed by atoms with van der Waals surface area (Å²) in [6, 6.07) is 7.80. The highest BCUT2D eigenvalue weighted by molar-refractivity contribution is 9.10. The van der Waals surface area contributed by atoms with Gasteiger partial charge in [-0.05, 0) is 48.9 Å². The number of hydrogen-bond acceptors (Lipinski definition) is 3. The van der Waals surface area contributed by atoms with Crippen LogP contribution in [-0.4, -0.2) is 18.7 Å². The highest BCUT2D eigenvalue weighted by Gasteiger charge is 2.12. The van der Waals surface area contributed by atoms with Crippen molar-refractivity contribution in [3.8, 4) is 11.6 Å². The molecule has 0 aliphatic heterocycles. The van der Waals surface area contributed by atoms with Crippen LogP contribution in [0.3, 0.4) is 0 Å². The van der Waals surface area contributed by atoms with Crippen LogP contribution in [0.15, 0.2) is 34.9 Å². The summed E-state index contributed by atoms with van der Waals surface area (Å²) in [5.41, 5.74) is 2.27. The maximum absolute atomic E-state index is 6.00. The third-order valence-corrected chi connectivity index (χ3v) is 4.80. The number of pyridine rings is 1. The predicted octanol–water partition coefficient (Wildman–Crippen LogP) is 5.46. The average Bonchev–Trinajstić information content (AvgIpc) is 2.54. The van der Waals surface area contributed by atoms with Crippen molar-refractivity contribution in [3.63, 3.8) is 0 Å². The van der Waals surface area contributed by atoms with Gasteiger partial charge in [-0.1, -0.05) is 40.5 Å². The van der Waals surface area contributed by atoms with Crippen LogP contribution >= 0.6 is 27.5 Å². The number of rotatable bonds is 7. The van der Waals surface area contributed by atoms with Crippen LogP contribution in [0, 0.1) is 12.8 Å². The van der Waals surface area contributed by atoms with E-state index in [2.05, 4.69) is 33.9 Å². The Morgan fingerprint density at radius 1 is 1.30 bits per heavy atom. The summed E-state index contributed by atoms with van der Waals surface area (Å²) >= 11 is 9.58. The highest BCUT2D eigenvalue weighted by Crippen LogP contribution is 2.26. The minimum Gasteiger partial charge on any atom is -0.491 e. The molecule has 0 radical (unpaired) electrons. The SMILES string of the molecule is CCC(COc1cnc(OC)cc1C)Cc1ccc(Cl)cc1Br. The fourth-order valence-electron chi connectivity index (χ4n) is 2.31. The van der Waals surface area contributed by atoms with E-state index in [0.29, 0.717) is 18.4 Å². The molecule has 1 aromatic heterocycles. The van der Waals surface area contributed by atoms with Gasteiger partial charge in [-0.25, -0.2) is 4.98 Å². The van der Waals surface area contributed by atoms with E-state index in [0.717, 1.165) is 33.6 Å². The Bertz CT molecular complexity index is 663. The van der Waals surface area contributed by atoms with E-state index in [1.807, 2.05) is 25.1 Å². The number of aryl methyl sites for hydroxylation is 1. The maximum atomic E-state index is 6.00. The molecule has 0 amide bonds. The molecule has 0 N–H and O–H groups in total. The normalized spacial score (nSPS) is 12.0. The fraction of sp³-hybridized carbons (Fsp3) is 0.389. The molecule has 5 heteroatoms. The van der Waals surface area contributed by atoms with Gasteiger partial charge in [0.1, 0.15) is 5.75 Å². The number of methoxy groups -OCH3 is 1. The predicted molar refractivity (Wildman–Crippen MR) is 97.7 cm³/mol. The van der Waals surface area contributed by atoms with E-state index in [1.54, 1.807) is 13.3 Å². The zero-order valence-electron chi connectivity index (χ0n) is 13.6. The molecular formula is C18H21BrClNO2. The molecule has 0 aliphatic carbocycles. The standard InChI is InChI=1S/C18H21BrClNO2/c1-4-13(8-14-5-6-15(20)9-16(14)19)11-23-17-10-21-18(22-3)7-12(17)2/h5-7,9-10,13H,4,8,11H2,1-3H3. The summed E-state index contributed by atoms with van der Waals surface area (Å²) in [4.78, 5) is 4.20. The lowest BCUT2D eigenvalue weighted by molar-refractivity contribution is 0.241. The third-order valence-electron chi connectivity index (χ3n) is 3.82. The number of nitrogens with zero attached hydrogens (tertiary/aromatic N) is 1. The Morgan fingerprint density at radius 2 is 2.09 bits per heavy atom. The van der Waals surface area contributed by atoms with E-state index in [-0.39, 0.29) is 0 Å². The van der Waals surface area contributed by atoms with E-state index in [1.165, 1.54) is 5.56 Å².